The number of ether oxygens (including phenoxy) is 2. The highest BCUT2D eigenvalue weighted by Gasteiger charge is 2.13. The van der Waals surface area contributed by atoms with Crippen molar-refractivity contribution >= 4 is 39.2 Å². The highest BCUT2D eigenvalue weighted by molar-refractivity contribution is 9.10. The SMILES string of the molecule is COc1cc(/C=C(\C#N)c2cccc(F)c2)cc(Br)c1OCc1ccccc1Cl. The third kappa shape index (κ3) is 5.17. The topological polar surface area (TPSA) is 42.2 Å². The smallest absolute Gasteiger partial charge is 0.175 e. The summed E-state index contributed by atoms with van der Waals surface area (Å²) < 4.78 is 25.5. The summed E-state index contributed by atoms with van der Waals surface area (Å²) in [6.45, 7) is 0.274. The molecule has 0 atom stereocenters. The van der Waals surface area contributed by atoms with Crippen molar-refractivity contribution in [1.82, 2.24) is 0 Å². The first-order valence-corrected chi connectivity index (χ1v) is 9.80. The molecular weight excluding hydrogens is 457 g/mol. The molecule has 0 fully saturated rings. The van der Waals surface area contributed by atoms with Crippen LogP contribution in [0.2, 0.25) is 5.02 Å². The molecular formula is C23H16BrClFNO2. The molecule has 0 aliphatic carbocycles. The van der Waals surface area contributed by atoms with Crippen LogP contribution < -0.4 is 9.47 Å². The molecule has 0 aliphatic rings. The number of allylic oxidation sites excluding steroid dienone is 1. The van der Waals surface area contributed by atoms with Gasteiger partial charge in [0.05, 0.1) is 23.2 Å². The van der Waals surface area contributed by atoms with Gasteiger partial charge in [0.15, 0.2) is 11.5 Å². The first-order valence-electron chi connectivity index (χ1n) is 8.63. The molecule has 0 amide bonds. The highest BCUT2D eigenvalue weighted by Crippen LogP contribution is 2.38. The summed E-state index contributed by atoms with van der Waals surface area (Å²) >= 11 is 9.68. The minimum absolute atomic E-state index is 0.274. The van der Waals surface area contributed by atoms with Gasteiger partial charge in [-0.3, -0.25) is 0 Å². The number of nitrogens with zero attached hydrogens (tertiary/aromatic N) is 1. The summed E-state index contributed by atoms with van der Waals surface area (Å²) in [5, 5.41) is 10.1. The minimum Gasteiger partial charge on any atom is -0.493 e. The zero-order chi connectivity index (χ0) is 20.8. The number of hydrogen-bond acceptors (Lipinski definition) is 3. The van der Waals surface area contributed by atoms with E-state index in [4.69, 9.17) is 21.1 Å². The molecule has 0 radical (unpaired) electrons. The van der Waals surface area contributed by atoms with Crippen LogP contribution in [0.4, 0.5) is 4.39 Å². The van der Waals surface area contributed by atoms with Gasteiger partial charge in [-0.05, 0) is 63.5 Å². The maximum Gasteiger partial charge on any atom is 0.175 e. The van der Waals surface area contributed by atoms with Gasteiger partial charge in [0, 0.05) is 10.6 Å². The van der Waals surface area contributed by atoms with Gasteiger partial charge in [0.25, 0.3) is 0 Å². The number of nitriles is 1. The number of benzene rings is 3. The van der Waals surface area contributed by atoms with E-state index in [0.717, 1.165) is 5.56 Å². The lowest BCUT2D eigenvalue weighted by Gasteiger charge is -2.14. The lowest BCUT2D eigenvalue weighted by Crippen LogP contribution is -1.99. The highest BCUT2D eigenvalue weighted by atomic mass is 79.9. The molecule has 0 N–H and O–H groups in total. The Morgan fingerprint density at radius 1 is 1.17 bits per heavy atom. The molecule has 6 heteroatoms. The molecule has 0 spiro atoms. The average Bonchev–Trinajstić information content (AvgIpc) is 2.72. The van der Waals surface area contributed by atoms with Gasteiger partial charge in [-0.2, -0.15) is 5.26 Å². The van der Waals surface area contributed by atoms with Crippen molar-refractivity contribution in [3.8, 4) is 17.6 Å². The van der Waals surface area contributed by atoms with Crippen molar-refractivity contribution in [2.75, 3.05) is 7.11 Å². The van der Waals surface area contributed by atoms with E-state index in [1.165, 1.54) is 19.2 Å². The van der Waals surface area contributed by atoms with Crippen LogP contribution in [0.3, 0.4) is 0 Å². The van der Waals surface area contributed by atoms with Gasteiger partial charge in [0.1, 0.15) is 12.4 Å². The van der Waals surface area contributed by atoms with Crippen molar-refractivity contribution in [2.24, 2.45) is 0 Å². The second-order valence-corrected chi connectivity index (χ2v) is 7.36. The van der Waals surface area contributed by atoms with Gasteiger partial charge in [-0.1, -0.05) is 41.9 Å². The number of hydrogen-bond donors (Lipinski definition) is 0. The molecule has 29 heavy (non-hydrogen) atoms. The van der Waals surface area contributed by atoms with Gasteiger partial charge in [-0.25, -0.2) is 4.39 Å². The lowest BCUT2D eigenvalue weighted by atomic mass is 10.0. The molecule has 0 aromatic heterocycles. The Bertz CT molecular complexity index is 1110. The van der Waals surface area contributed by atoms with E-state index in [9.17, 15) is 9.65 Å². The first kappa shape index (κ1) is 20.9. The maximum absolute atomic E-state index is 13.5. The van der Waals surface area contributed by atoms with Crippen molar-refractivity contribution in [2.45, 2.75) is 6.61 Å². The fourth-order valence-electron chi connectivity index (χ4n) is 2.73. The third-order valence-electron chi connectivity index (χ3n) is 4.15. The van der Waals surface area contributed by atoms with E-state index in [0.29, 0.717) is 37.7 Å². The van der Waals surface area contributed by atoms with E-state index < -0.39 is 5.82 Å². The van der Waals surface area contributed by atoms with Gasteiger partial charge in [-0.15, -0.1) is 0 Å². The Morgan fingerprint density at radius 2 is 1.97 bits per heavy atom. The fraction of sp³-hybridized carbons (Fsp3) is 0.0870. The molecule has 3 aromatic rings. The number of methoxy groups -OCH3 is 1. The zero-order valence-electron chi connectivity index (χ0n) is 15.5. The Hall–Kier alpha value is -2.81. The summed E-state index contributed by atoms with van der Waals surface area (Å²) in [5.41, 5.74) is 2.40. The van der Waals surface area contributed by atoms with E-state index in [1.807, 2.05) is 18.2 Å². The Kier molecular flexibility index (Phi) is 6.92. The summed E-state index contributed by atoms with van der Waals surface area (Å²) in [7, 11) is 1.54. The van der Waals surface area contributed by atoms with Crippen LogP contribution >= 0.6 is 27.5 Å². The first-order chi connectivity index (χ1) is 14.0. The zero-order valence-corrected chi connectivity index (χ0v) is 17.8. The predicted octanol–water partition coefficient (Wildman–Crippen LogP) is 6.89. The Labute approximate surface area is 182 Å². The van der Waals surface area contributed by atoms with Crippen LogP contribution in [-0.2, 0) is 6.61 Å². The molecule has 0 saturated carbocycles. The van der Waals surface area contributed by atoms with Crippen LogP contribution in [0.1, 0.15) is 16.7 Å². The van der Waals surface area contributed by atoms with Crippen LogP contribution in [0, 0.1) is 17.1 Å². The monoisotopic (exact) mass is 471 g/mol. The summed E-state index contributed by atoms with van der Waals surface area (Å²) in [6, 6.07) is 19.0. The average molecular weight is 473 g/mol. The number of halogens is 3. The normalized spacial score (nSPS) is 11.1. The second-order valence-electron chi connectivity index (χ2n) is 6.09. The number of rotatable bonds is 6. The largest absolute Gasteiger partial charge is 0.493 e. The predicted molar refractivity (Wildman–Crippen MR) is 116 cm³/mol. The van der Waals surface area contributed by atoms with Crippen molar-refractivity contribution < 1.29 is 13.9 Å². The van der Waals surface area contributed by atoms with Gasteiger partial charge >= 0.3 is 0 Å². The van der Waals surface area contributed by atoms with Gasteiger partial charge in [0.2, 0.25) is 0 Å². The molecule has 0 heterocycles. The molecule has 3 aromatic carbocycles. The molecule has 3 rings (SSSR count). The minimum atomic E-state index is -0.397. The van der Waals surface area contributed by atoms with Crippen LogP contribution in [0.25, 0.3) is 11.6 Å². The van der Waals surface area contributed by atoms with E-state index in [2.05, 4.69) is 22.0 Å². The molecule has 146 valence electrons. The molecule has 0 unspecified atom stereocenters. The summed E-state index contributed by atoms with van der Waals surface area (Å²) in [4.78, 5) is 0. The van der Waals surface area contributed by atoms with E-state index in [1.54, 1.807) is 36.4 Å². The molecule has 0 aliphatic heterocycles. The van der Waals surface area contributed by atoms with E-state index in [-0.39, 0.29) is 6.61 Å². The summed E-state index contributed by atoms with van der Waals surface area (Å²) in [6.07, 6.45) is 1.67. The van der Waals surface area contributed by atoms with Gasteiger partial charge < -0.3 is 9.47 Å². The molecule has 3 nitrogen and oxygen atoms in total. The Balaban J connectivity index is 1.91. The fourth-order valence-corrected chi connectivity index (χ4v) is 3.50. The van der Waals surface area contributed by atoms with Crippen LogP contribution in [-0.4, -0.2) is 7.11 Å². The molecule has 0 saturated heterocycles. The van der Waals surface area contributed by atoms with Crippen LogP contribution in [0.5, 0.6) is 11.5 Å². The second kappa shape index (κ2) is 9.60. The lowest BCUT2D eigenvalue weighted by molar-refractivity contribution is 0.282. The summed E-state index contributed by atoms with van der Waals surface area (Å²) in [5.74, 6) is 0.619. The van der Waals surface area contributed by atoms with Crippen molar-refractivity contribution in [1.29, 1.82) is 5.26 Å². The van der Waals surface area contributed by atoms with E-state index >= 15 is 0 Å². The third-order valence-corrected chi connectivity index (χ3v) is 5.11. The molecule has 0 bridgehead atoms. The maximum atomic E-state index is 13.5. The Morgan fingerprint density at radius 3 is 2.66 bits per heavy atom. The van der Waals surface area contributed by atoms with Crippen LogP contribution in [0.15, 0.2) is 65.1 Å². The van der Waals surface area contributed by atoms with Crippen molar-refractivity contribution in [3.63, 3.8) is 0 Å². The van der Waals surface area contributed by atoms with Crippen molar-refractivity contribution in [3.05, 3.63) is 92.7 Å². The standard InChI is InChI=1S/C23H16BrClFNO2/c1-28-22-11-15(9-18(13-27)16-6-4-7-19(26)12-16)10-20(24)23(22)29-14-17-5-2-3-8-21(17)25/h2-12H,14H2,1H3/b18-9+. The quantitative estimate of drug-likeness (QED) is 0.290.